The van der Waals surface area contributed by atoms with Gasteiger partial charge in [0.05, 0.1) is 6.61 Å². The highest BCUT2D eigenvalue weighted by atomic mass is 16.5. The largest absolute Gasteiger partial charge is 0.466 e. The first-order chi connectivity index (χ1) is 14.0. The Hall–Kier alpha value is -3.08. The number of esters is 1. The third-order valence-corrected chi connectivity index (χ3v) is 5.30. The van der Waals surface area contributed by atoms with E-state index in [1.807, 2.05) is 18.2 Å². The number of carbonyl (C=O) groups excluding carboxylic acids is 2. The van der Waals surface area contributed by atoms with Crippen LogP contribution in [0.1, 0.15) is 44.6 Å². The standard InChI is InChI=1S/C21H29N5O3/c1-3-29-19(28)13-18(27)24-14-21(16-7-5-4-6-8-16)11-9-17(10-12-21)26-20(23-2)25-15-22/h4-8,17H,3,9-14H2,1-2H3,(H,24,27)(H2,23,25,26)/t17-,21-. The van der Waals surface area contributed by atoms with Crippen molar-refractivity contribution in [1.29, 1.82) is 5.26 Å². The summed E-state index contributed by atoms with van der Waals surface area (Å²) in [6.45, 7) is 2.44. The SMILES string of the molecule is CCOC(=O)CC(=O)NC[C@]1(c2ccccc2)CC[C@H](N/C(=N/C#N)NC)CC1. The van der Waals surface area contributed by atoms with Gasteiger partial charge in [-0.2, -0.15) is 5.26 Å². The van der Waals surface area contributed by atoms with Crippen molar-refractivity contribution in [3.05, 3.63) is 35.9 Å². The minimum absolute atomic E-state index is 0.196. The first-order valence-electron chi connectivity index (χ1n) is 9.92. The Morgan fingerprint density at radius 3 is 2.55 bits per heavy atom. The highest BCUT2D eigenvalue weighted by molar-refractivity contribution is 5.94. The lowest BCUT2D eigenvalue weighted by molar-refractivity contribution is -0.146. The summed E-state index contributed by atoms with van der Waals surface area (Å²) in [5, 5.41) is 17.8. The Morgan fingerprint density at radius 2 is 1.97 bits per heavy atom. The molecule has 29 heavy (non-hydrogen) atoms. The molecule has 8 heteroatoms. The summed E-state index contributed by atoms with van der Waals surface area (Å²) in [6, 6.07) is 10.3. The molecule has 1 aromatic rings. The molecule has 0 atom stereocenters. The van der Waals surface area contributed by atoms with Crippen molar-refractivity contribution in [2.24, 2.45) is 4.99 Å². The van der Waals surface area contributed by atoms with Crippen molar-refractivity contribution in [3.63, 3.8) is 0 Å². The normalized spacial score (nSPS) is 21.6. The molecule has 0 aliphatic heterocycles. The molecule has 0 bridgehead atoms. The maximum Gasteiger partial charge on any atom is 0.315 e. The Morgan fingerprint density at radius 1 is 1.28 bits per heavy atom. The fourth-order valence-electron chi connectivity index (χ4n) is 3.75. The van der Waals surface area contributed by atoms with Gasteiger partial charge in [-0.1, -0.05) is 30.3 Å². The van der Waals surface area contributed by atoms with E-state index < -0.39 is 5.97 Å². The highest BCUT2D eigenvalue weighted by Gasteiger charge is 2.37. The molecule has 1 aromatic carbocycles. The Balaban J connectivity index is 2.04. The molecule has 2 rings (SSSR count). The number of nitriles is 1. The van der Waals surface area contributed by atoms with Gasteiger partial charge in [-0.15, -0.1) is 4.99 Å². The van der Waals surface area contributed by atoms with Gasteiger partial charge in [0.2, 0.25) is 18.1 Å². The molecule has 1 aliphatic rings. The highest BCUT2D eigenvalue weighted by Crippen LogP contribution is 2.39. The maximum atomic E-state index is 12.2. The summed E-state index contributed by atoms with van der Waals surface area (Å²) >= 11 is 0. The lowest BCUT2D eigenvalue weighted by Gasteiger charge is -2.41. The van der Waals surface area contributed by atoms with E-state index in [1.54, 1.807) is 20.2 Å². The first kappa shape index (κ1) is 22.2. The van der Waals surface area contributed by atoms with E-state index in [1.165, 1.54) is 5.56 Å². The number of carbonyl (C=O) groups is 2. The molecule has 1 aliphatic carbocycles. The molecule has 3 N–H and O–H groups in total. The van der Waals surface area contributed by atoms with E-state index in [9.17, 15) is 9.59 Å². The van der Waals surface area contributed by atoms with Crippen LogP contribution >= 0.6 is 0 Å². The summed E-state index contributed by atoms with van der Waals surface area (Å²) < 4.78 is 4.85. The molecule has 1 amide bonds. The van der Waals surface area contributed by atoms with Gasteiger partial charge in [-0.05, 0) is 38.2 Å². The number of aliphatic imine (C=N–C) groups is 1. The average molecular weight is 399 g/mol. The quantitative estimate of drug-likeness (QED) is 0.211. The minimum Gasteiger partial charge on any atom is -0.466 e. The number of guanidine groups is 1. The van der Waals surface area contributed by atoms with Crippen LogP contribution in [0.15, 0.2) is 35.3 Å². The number of rotatable bonds is 7. The second-order valence-corrected chi connectivity index (χ2v) is 7.13. The van der Waals surface area contributed by atoms with E-state index in [0.29, 0.717) is 12.5 Å². The smallest absolute Gasteiger partial charge is 0.315 e. The van der Waals surface area contributed by atoms with Gasteiger partial charge in [0.1, 0.15) is 6.42 Å². The number of nitrogens with zero attached hydrogens (tertiary/aromatic N) is 2. The molecular formula is C21H29N5O3. The summed E-state index contributed by atoms with van der Waals surface area (Å²) in [5.74, 6) is -0.367. The van der Waals surface area contributed by atoms with Crippen molar-refractivity contribution >= 4 is 17.8 Å². The fourth-order valence-corrected chi connectivity index (χ4v) is 3.75. The lowest BCUT2D eigenvalue weighted by atomic mass is 9.68. The summed E-state index contributed by atoms with van der Waals surface area (Å²) in [6.07, 6.45) is 4.98. The van der Waals surface area contributed by atoms with Crippen molar-refractivity contribution < 1.29 is 14.3 Å². The predicted octanol–water partition coefficient (Wildman–Crippen LogP) is 1.58. The Kier molecular flexibility index (Phi) is 8.46. The molecule has 0 unspecified atom stereocenters. The van der Waals surface area contributed by atoms with Crippen molar-refractivity contribution in [2.45, 2.75) is 50.5 Å². The van der Waals surface area contributed by atoms with E-state index >= 15 is 0 Å². The Bertz CT molecular complexity index is 749. The van der Waals surface area contributed by atoms with Crippen LogP contribution in [0.2, 0.25) is 0 Å². The number of hydrogen-bond acceptors (Lipinski definition) is 5. The number of ether oxygens (including phenoxy) is 1. The number of nitrogens with one attached hydrogen (secondary N) is 3. The lowest BCUT2D eigenvalue weighted by Crippen LogP contribution is -2.49. The van der Waals surface area contributed by atoms with Gasteiger partial charge in [0, 0.05) is 25.0 Å². The third kappa shape index (κ3) is 6.49. The molecular weight excluding hydrogens is 370 g/mol. The average Bonchev–Trinajstić information content (AvgIpc) is 2.74. The molecule has 156 valence electrons. The molecule has 0 heterocycles. The van der Waals surface area contributed by atoms with E-state index in [-0.39, 0.29) is 30.4 Å². The minimum atomic E-state index is -0.511. The van der Waals surface area contributed by atoms with E-state index in [2.05, 4.69) is 33.1 Å². The van der Waals surface area contributed by atoms with E-state index in [0.717, 1.165) is 25.7 Å². The number of hydrogen-bond donors (Lipinski definition) is 3. The van der Waals surface area contributed by atoms with Crippen LogP contribution in [-0.2, 0) is 19.7 Å². The van der Waals surface area contributed by atoms with Gasteiger partial charge in [-0.25, -0.2) is 0 Å². The van der Waals surface area contributed by atoms with Crippen LogP contribution in [0.3, 0.4) is 0 Å². The molecule has 0 radical (unpaired) electrons. The van der Waals surface area contributed by atoms with Gasteiger partial charge in [0.25, 0.3) is 0 Å². The molecule has 8 nitrogen and oxygen atoms in total. The molecule has 1 saturated carbocycles. The van der Waals surface area contributed by atoms with Crippen LogP contribution in [0.25, 0.3) is 0 Å². The summed E-state index contributed by atoms with van der Waals surface area (Å²) in [7, 11) is 1.72. The van der Waals surface area contributed by atoms with Crippen molar-refractivity contribution in [1.82, 2.24) is 16.0 Å². The fraction of sp³-hybridized carbons (Fsp3) is 0.524. The second kappa shape index (κ2) is 11.1. The first-order valence-corrected chi connectivity index (χ1v) is 9.92. The maximum absolute atomic E-state index is 12.2. The summed E-state index contributed by atoms with van der Waals surface area (Å²) in [5.41, 5.74) is 0.977. The van der Waals surface area contributed by atoms with Crippen LogP contribution in [0, 0.1) is 11.5 Å². The van der Waals surface area contributed by atoms with Gasteiger partial charge < -0.3 is 20.7 Å². The Labute approximate surface area is 171 Å². The van der Waals surface area contributed by atoms with Gasteiger partial charge in [-0.3, -0.25) is 9.59 Å². The van der Waals surface area contributed by atoms with Crippen molar-refractivity contribution in [3.8, 4) is 6.19 Å². The number of amides is 1. The van der Waals surface area contributed by atoms with Gasteiger partial charge in [0.15, 0.2) is 0 Å². The van der Waals surface area contributed by atoms with Crippen LogP contribution in [0.4, 0.5) is 0 Å². The molecule has 0 saturated heterocycles. The zero-order valence-electron chi connectivity index (χ0n) is 17.0. The third-order valence-electron chi connectivity index (χ3n) is 5.30. The van der Waals surface area contributed by atoms with Crippen molar-refractivity contribution in [2.75, 3.05) is 20.2 Å². The van der Waals surface area contributed by atoms with Crippen LogP contribution < -0.4 is 16.0 Å². The molecule has 1 fully saturated rings. The predicted molar refractivity (Wildman–Crippen MR) is 110 cm³/mol. The van der Waals surface area contributed by atoms with E-state index in [4.69, 9.17) is 10.00 Å². The van der Waals surface area contributed by atoms with Crippen LogP contribution in [-0.4, -0.2) is 44.1 Å². The van der Waals surface area contributed by atoms with Gasteiger partial charge >= 0.3 is 5.97 Å². The topological polar surface area (TPSA) is 116 Å². The number of benzene rings is 1. The zero-order chi connectivity index (χ0) is 21.1. The summed E-state index contributed by atoms with van der Waals surface area (Å²) in [4.78, 5) is 27.5. The molecule has 0 aromatic heterocycles. The zero-order valence-corrected chi connectivity index (χ0v) is 17.0. The molecule has 0 spiro atoms. The van der Waals surface area contributed by atoms with Crippen LogP contribution in [0.5, 0.6) is 0 Å². The monoisotopic (exact) mass is 399 g/mol. The second-order valence-electron chi connectivity index (χ2n) is 7.13.